The Hall–Kier alpha value is -4.48. The van der Waals surface area contributed by atoms with E-state index >= 15 is 0 Å². The van der Waals surface area contributed by atoms with Gasteiger partial charge in [-0.3, -0.25) is 14.0 Å². The number of benzene rings is 1. The summed E-state index contributed by atoms with van der Waals surface area (Å²) in [6.07, 6.45) is 1.67. The molecule has 6 rings (SSSR count). The summed E-state index contributed by atoms with van der Waals surface area (Å²) in [6, 6.07) is 12.0. The van der Waals surface area contributed by atoms with Gasteiger partial charge in [0, 0.05) is 51.2 Å². The van der Waals surface area contributed by atoms with Crippen LogP contribution in [0, 0.1) is 11.3 Å². The normalized spacial score (nSPS) is 14.4. The van der Waals surface area contributed by atoms with Crippen LogP contribution in [0.5, 0.6) is 5.75 Å². The van der Waals surface area contributed by atoms with Crippen molar-refractivity contribution in [3.63, 3.8) is 0 Å². The highest BCUT2D eigenvalue weighted by atomic mass is 32.1. The van der Waals surface area contributed by atoms with E-state index in [1.807, 2.05) is 18.2 Å². The number of ether oxygens (including phenoxy) is 1. The number of nitrogens with two attached hydrogens (primary N) is 1. The molecule has 1 aromatic carbocycles. The maximum atomic E-state index is 13.4. The summed E-state index contributed by atoms with van der Waals surface area (Å²) in [5.74, 6) is 1.39. The quantitative estimate of drug-likeness (QED) is 0.326. The second kappa shape index (κ2) is 9.77. The van der Waals surface area contributed by atoms with Gasteiger partial charge in [0.05, 0.1) is 18.1 Å². The lowest BCUT2D eigenvalue weighted by atomic mass is 10.2. The third-order valence-corrected chi connectivity index (χ3v) is 7.53. The molecule has 0 amide bonds. The maximum Gasteiger partial charge on any atom is 0.331 e. The molecule has 0 aliphatic carbocycles. The number of anilines is 2. The van der Waals surface area contributed by atoms with Crippen molar-refractivity contribution in [2.45, 2.75) is 13.1 Å². The second-order valence-corrected chi connectivity index (χ2v) is 9.73. The molecule has 5 aromatic rings. The van der Waals surface area contributed by atoms with Gasteiger partial charge in [-0.05, 0) is 41.9 Å². The van der Waals surface area contributed by atoms with Crippen LogP contribution in [0.3, 0.4) is 0 Å². The number of aromatic nitrogens is 7. The highest BCUT2D eigenvalue weighted by molar-refractivity contribution is 7.09. The molecule has 0 saturated carbocycles. The number of nitrogen functional groups attached to an aromatic ring is 1. The molecule has 2 N–H and O–H groups in total. The fourth-order valence-electron chi connectivity index (χ4n) is 4.81. The van der Waals surface area contributed by atoms with Crippen LogP contribution in [0.2, 0.25) is 0 Å². The van der Waals surface area contributed by atoms with Crippen molar-refractivity contribution in [3.8, 4) is 22.5 Å². The van der Waals surface area contributed by atoms with Gasteiger partial charge in [-0.25, -0.2) is 14.2 Å². The van der Waals surface area contributed by atoms with Crippen molar-refractivity contribution >= 4 is 40.0 Å². The Labute approximate surface area is 221 Å². The first-order valence-corrected chi connectivity index (χ1v) is 12.9. The maximum absolute atomic E-state index is 13.4. The summed E-state index contributed by atoms with van der Waals surface area (Å²) in [4.78, 5) is 28.0. The highest BCUT2D eigenvalue weighted by Crippen LogP contribution is 2.25. The van der Waals surface area contributed by atoms with Crippen LogP contribution < -0.4 is 21.1 Å². The number of hydrogen-bond donors (Lipinski definition) is 1. The fraction of sp³-hybridized carbons (Fsp3) is 0.333. The van der Waals surface area contributed by atoms with Crippen molar-refractivity contribution < 1.29 is 4.74 Å². The largest absolute Gasteiger partial charge is 0.497 e. The predicted octanol–water partition coefficient (Wildman–Crippen LogP) is 1.30. The zero-order valence-corrected chi connectivity index (χ0v) is 21.5. The van der Waals surface area contributed by atoms with Gasteiger partial charge < -0.3 is 15.4 Å². The van der Waals surface area contributed by atoms with Crippen molar-refractivity contribution in [2.24, 2.45) is 0 Å². The number of methoxy groups -OCH3 is 1. The molecule has 0 unspecified atom stereocenters. The standard InChI is InChI=1S/C24H25N11O2S/c1-37-17-4-2-16(3-5-17)32-13-10-31(11-14-32)12-15-34-21-19(33(9-7-25)24(34)36)22-28-20(18-6-8-27-38-18)30-35(22)23(26)29-21/h2-6,8H,9-15H2,1H3,(H2,26,29). The lowest BCUT2D eigenvalue weighted by molar-refractivity contribution is 0.248. The van der Waals surface area contributed by atoms with Gasteiger partial charge in [-0.1, -0.05) is 0 Å². The van der Waals surface area contributed by atoms with Crippen LogP contribution in [0.25, 0.3) is 27.5 Å². The van der Waals surface area contributed by atoms with Crippen molar-refractivity contribution in [1.82, 2.24) is 38.0 Å². The summed E-state index contributed by atoms with van der Waals surface area (Å²) in [6.45, 7) is 4.42. The lowest BCUT2D eigenvalue weighted by Crippen LogP contribution is -2.47. The molecule has 0 bridgehead atoms. The van der Waals surface area contributed by atoms with Gasteiger partial charge in [0.25, 0.3) is 0 Å². The molecule has 5 heterocycles. The minimum Gasteiger partial charge on any atom is -0.497 e. The van der Waals surface area contributed by atoms with E-state index in [-0.39, 0.29) is 18.2 Å². The minimum atomic E-state index is -0.319. The Morgan fingerprint density at radius 2 is 1.84 bits per heavy atom. The summed E-state index contributed by atoms with van der Waals surface area (Å²) in [5.41, 5.74) is 8.31. The smallest absolute Gasteiger partial charge is 0.331 e. The molecule has 1 aliphatic rings. The van der Waals surface area contributed by atoms with E-state index in [1.165, 1.54) is 20.6 Å². The predicted molar refractivity (Wildman–Crippen MR) is 143 cm³/mol. The van der Waals surface area contributed by atoms with E-state index in [9.17, 15) is 10.1 Å². The molecule has 0 radical (unpaired) electrons. The molecule has 0 spiro atoms. The Bertz CT molecular complexity index is 1690. The van der Waals surface area contributed by atoms with E-state index < -0.39 is 0 Å². The first-order chi connectivity index (χ1) is 18.6. The van der Waals surface area contributed by atoms with Crippen LogP contribution in [-0.2, 0) is 13.1 Å². The fourth-order valence-corrected chi connectivity index (χ4v) is 5.34. The van der Waals surface area contributed by atoms with Gasteiger partial charge >= 0.3 is 5.69 Å². The average Bonchev–Trinajstić information content (AvgIpc) is 3.68. The van der Waals surface area contributed by atoms with Gasteiger partial charge in [0.1, 0.15) is 17.8 Å². The van der Waals surface area contributed by atoms with Crippen LogP contribution in [0.4, 0.5) is 11.6 Å². The van der Waals surface area contributed by atoms with Gasteiger partial charge in [-0.2, -0.15) is 14.8 Å². The molecule has 194 valence electrons. The molecule has 13 nitrogen and oxygen atoms in total. The Morgan fingerprint density at radius 3 is 2.53 bits per heavy atom. The van der Waals surface area contributed by atoms with E-state index in [0.717, 1.165) is 42.5 Å². The number of fused-ring (bicyclic) bond motifs is 3. The average molecular weight is 532 g/mol. The molecule has 14 heteroatoms. The van der Waals surface area contributed by atoms with Crippen molar-refractivity contribution in [3.05, 3.63) is 47.0 Å². The minimum absolute atomic E-state index is 0.117. The van der Waals surface area contributed by atoms with Gasteiger partial charge in [0.15, 0.2) is 17.1 Å². The molecule has 1 saturated heterocycles. The van der Waals surface area contributed by atoms with E-state index in [2.05, 4.69) is 47.4 Å². The molecular formula is C24H25N11O2S. The Balaban J connectivity index is 1.26. The monoisotopic (exact) mass is 531 g/mol. The summed E-state index contributed by atoms with van der Waals surface area (Å²) < 4.78 is 13.7. The number of rotatable bonds is 7. The molecular weight excluding hydrogens is 506 g/mol. The molecule has 0 atom stereocenters. The third-order valence-electron chi connectivity index (χ3n) is 6.79. The van der Waals surface area contributed by atoms with Crippen LogP contribution in [0.15, 0.2) is 41.3 Å². The number of nitriles is 1. The summed E-state index contributed by atoms with van der Waals surface area (Å²) in [7, 11) is 1.66. The van der Waals surface area contributed by atoms with Gasteiger partial charge in [-0.15, -0.1) is 5.10 Å². The number of piperazine rings is 1. The summed E-state index contributed by atoms with van der Waals surface area (Å²) in [5, 5.41) is 13.9. The molecule has 4 aromatic heterocycles. The van der Waals surface area contributed by atoms with E-state index in [4.69, 9.17) is 10.5 Å². The van der Waals surface area contributed by atoms with Gasteiger partial charge in [0.2, 0.25) is 5.95 Å². The summed E-state index contributed by atoms with van der Waals surface area (Å²) >= 11 is 1.26. The van der Waals surface area contributed by atoms with E-state index in [1.54, 1.807) is 17.9 Å². The zero-order chi connectivity index (χ0) is 26.2. The zero-order valence-electron chi connectivity index (χ0n) is 20.7. The molecule has 38 heavy (non-hydrogen) atoms. The van der Waals surface area contributed by atoms with E-state index in [0.29, 0.717) is 35.7 Å². The number of imidazole rings is 1. The Kier molecular flexibility index (Phi) is 6.14. The van der Waals surface area contributed by atoms with Crippen LogP contribution in [0.1, 0.15) is 0 Å². The lowest BCUT2D eigenvalue weighted by Gasteiger charge is -2.36. The second-order valence-electron chi connectivity index (χ2n) is 8.89. The SMILES string of the molecule is COc1ccc(N2CCN(CCn3c(=O)n(CC#N)c4c3nc(N)n3nc(-c5ccns5)nc43)CC2)cc1. The topological polar surface area (TPSA) is 148 Å². The van der Waals surface area contributed by atoms with Crippen molar-refractivity contribution in [2.75, 3.05) is 50.5 Å². The van der Waals surface area contributed by atoms with Crippen molar-refractivity contribution in [1.29, 1.82) is 5.26 Å². The third kappa shape index (κ3) is 4.11. The van der Waals surface area contributed by atoms with Crippen LogP contribution in [-0.4, -0.2) is 77.8 Å². The highest BCUT2D eigenvalue weighted by Gasteiger charge is 2.24. The molecule has 1 aliphatic heterocycles. The first kappa shape index (κ1) is 23.9. The molecule has 1 fully saturated rings. The number of hydrogen-bond acceptors (Lipinski definition) is 11. The first-order valence-electron chi connectivity index (χ1n) is 12.1. The van der Waals surface area contributed by atoms with Crippen LogP contribution >= 0.6 is 11.5 Å². The number of nitrogens with zero attached hydrogens (tertiary/aromatic N) is 10. The Morgan fingerprint density at radius 1 is 1.05 bits per heavy atom.